The normalized spacial score (nSPS) is 15.4. The molecule has 3 rings (SSSR count). The van der Waals surface area contributed by atoms with Gasteiger partial charge in [-0.15, -0.1) is 0 Å². The third kappa shape index (κ3) is 5.06. The van der Waals surface area contributed by atoms with Crippen molar-refractivity contribution in [2.75, 3.05) is 19.7 Å². The fourth-order valence-electron chi connectivity index (χ4n) is 3.87. The van der Waals surface area contributed by atoms with Gasteiger partial charge in [-0.3, -0.25) is 4.79 Å². The quantitative estimate of drug-likeness (QED) is 0.589. The molecular weight excluding hydrogens is 352 g/mol. The predicted molar refractivity (Wildman–Crippen MR) is 112 cm³/mol. The van der Waals surface area contributed by atoms with Gasteiger partial charge >= 0.3 is 0 Å². The van der Waals surface area contributed by atoms with Crippen LogP contribution in [0, 0.1) is 5.41 Å². The van der Waals surface area contributed by atoms with Crippen LogP contribution in [0.4, 0.5) is 0 Å². The Labute approximate surface area is 168 Å². The maximum atomic E-state index is 11.9. The highest BCUT2D eigenvalue weighted by Crippen LogP contribution is 2.33. The Hall–Kier alpha value is -2.04. The summed E-state index contributed by atoms with van der Waals surface area (Å²) in [7, 11) is 0. The molecular formula is C23H34N2O3. The summed E-state index contributed by atoms with van der Waals surface area (Å²) in [5.41, 5.74) is 2.22. The highest BCUT2D eigenvalue weighted by Gasteiger charge is 2.21. The van der Waals surface area contributed by atoms with Crippen LogP contribution in [0.25, 0.3) is 10.9 Å². The van der Waals surface area contributed by atoms with Gasteiger partial charge in [0.2, 0.25) is 5.91 Å². The van der Waals surface area contributed by atoms with E-state index in [0.717, 1.165) is 79.6 Å². The largest absolute Gasteiger partial charge is 0.493 e. The second-order valence-corrected chi connectivity index (χ2v) is 9.07. The molecule has 0 bridgehead atoms. The van der Waals surface area contributed by atoms with Crippen LogP contribution in [0.2, 0.25) is 0 Å². The number of fused-ring (bicyclic) bond motifs is 1. The molecule has 1 fully saturated rings. The van der Waals surface area contributed by atoms with Crippen LogP contribution in [0.3, 0.4) is 0 Å². The first kappa shape index (κ1) is 20.7. The molecule has 1 saturated heterocycles. The monoisotopic (exact) mass is 386 g/mol. The van der Waals surface area contributed by atoms with Gasteiger partial charge in [-0.25, -0.2) is 0 Å². The first-order chi connectivity index (χ1) is 13.4. The number of ether oxygens (including phenoxy) is 1. The maximum absolute atomic E-state index is 11.9. The Morgan fingerprint density at radius 1 is 1.25 bits per heavy atom. The van der Waals surface area contributed by atoms with Gasteiger partial charge < -0.3 is 14.2 Å². The minimum Gasteiger partial charge on any atom is -0.493 e. The van der Waals surface area contributed by atoms with Crippen molar-refractivity contribution >= 4 is 16.8 Å². The van der Waals surface area contributed by atoms with Crippen molar-refractivity contribution in [1.29, 1.82) is 0 Å². The number of rotatable bonds is 8. The number of carbonyl (C=O) groups is 1. The van der Waals surface area contributed by atoms with Crippen molar-refractivity contribution in [1.82, 2.24) is 10.1 Å². The first-order valence-corrected chi connectivity index (χ1v) is 10.7. The SMILES string of the molecule is CCCc1c(OCCCN2CCCCC2=O)ccc2c(CC(C)(C)C)onc12. The van der Waals surface area contributed by atoms with E-state index < -0.39 is 0 Å². The van der Waals surface area contributed by atoms with Crippen LogP contribution in [0.15, 0.2) is 16.7 Å². The van der Waals surface area contributed by atoms with Crippen molar-refractivity contribution in [3.05, 3.63) is 23.5 Å². The molecule has 1 aliphatic heterocycles. The second kappa shape index (κ2) is 8.97. The smallest absolute Gasteiger partial charge is 0.222 e. The zero-order valence-corrected chi connectivity index (χ0v) is 17.8. The van der Waals surface area contributed by atoms with Crippen LogP contribution in [0.5, 0.6) is 5.75 Å². The Bertz CT molecular complexity index is 804. The van der Waals surface area contributed by atoms with Gasteiger partial charge in [-0.05, 0) is 43.2 Å². The molecule has 1 aliphatic rings. The lowest BCUT2D eigenvalue weighted by Gasteiger charge is -2.26. The van der Waals surface area contributed by atoms with E-state index in [2.05, 4.69) is 45.0 Å². The molecule has 5 nitrogen and oxygen atoms in total. The number of nitrogens with zero attached hydrogens (tertiary/aromatic N) is 2. The highest BCUT2D eigenvalue weighted by molar-refractivity contribution is 5.85. The van der Waals surface area contributed by atoms with E-state index >= 15 is 0 Å². The minimum absolute atomic E-state index is 0.151. The molecule has 0 N–H and O–H groups in total. The number of likely N-dealkylation sites (tertiary alicyclic amines) is 1. The fraction of sp³-hybridized carbons (Fsp3) is 0.652. The van der Waals surface area contributed by atoms with E-state index in [-0.39, 0.29) is 11.3 Å². The van der Waals surface area contributed by atoms with Crippen molar-refractivity contribution in [3.63, 3.8) is 0 Å². The summed E-state index contributed by atoms with van der Waals surface area (Å²) in [4.78, 5) is 13.9. The number of piperidine rings is 1. The lowest BCUT2D eigenvalue weighted by Crippen LogP contribution is -2.36. The molecule has 1 aromatic carbocycles. The Morgan fingerprint density at radius 2 is 2.07 bits per heavy atom. The molecule has 154 valence electrons. The predicted octanol–water partition coefficient (Wildman–Crippen LogP) is 5.15. The number of hydrogen-bond acceptors (Lipinski definition) is 4. The molecule has 2 aromatic rings. The molecule has 1 aromatic heterocycles. The molecule has 0 saturated carbocycles. The molecule has 0 aliphatic carbocycles. The van der Waals surface area contributed by atoms with E-state index in [1.54, 1.807) is 0 Å². The molecule has 0 unspecified atom stereocenters. The standard InChI is InChI=1S/C23H34N2O3/c1-5-9-17-19(27-15-8-14-25-13-7-6-10-21(25)26)12-11-18-20(16-23(2,3)4)28-24-22(17)18/h11-12H,5-10,13-16H2,1-4H3. The van der Waals surface area contributed by atoms with E-state index in [4.69, 9.17) is 9.26 Å². The van der Waals surface area contributed by atoms with Crippen LogP contribution in [-0.4, -0.2) is 35.7 Å². The van der Waals surface area contributed by atoms with E-state index in [9.17, 15) is 4.79 Å². The average Bonchev–Trinajstić information content (AvgIpc) is 3.03. The number of aryl methyl sites for hydroxylation is 1. The van der Waals surface area contributed by atoms with E-state index in [1.165, 1.54) is 0 Å². The summed E-state index contributed by atoms with van der Waals surface area (Å²) in [5.74, 6) is 2.14. The molecule has 0 spiro atoms. The average molecular weight is 387 g/mol. The summed E-state index contributed by atoms with van der Waals surface area (Å²) in [6, 6.07) is 4.14. The van der Waals surface area contributed by atoms with Crippen molar-refractivity contribution in [2.24, 2.45) is 5.41 Å². The van der Waals surface area contributed by atoms with Crippen LogP contribution >= 0.6 is 0 Å². The third-order valence-corrected chi connectivity index (χ3v) is 5.23. The van der Waals surface area contributed by atoms with Gasteiger partial charge in [0.15, 0.2) is 0 Å². The van der Waals surface area contributed by atoms with Gasteiger partial charge in [-0.2, -0.15) is 0 Å². The third-order valence-electron chi connectivity index (χ3n) is 5.23. The molecule has 1 amide bonds. The second-order valence-electron chi connectivity index (χ2n) is 9.07. The zero-order valence-electron chi connectivity index (χ0n) is 17.8. The summed E-state index contributed by atoms with van der Waals surface area (Å²) in [6.07, 6.45) is 6.50. The summed E-state index contributed by atoms with van der Waals surface area (Å²) in [5, 5.41) is 5.49. The lowest BCUT2D eigenvalue weighted by molar-refractivity contribution is -0.133. The van der Waals surface area contributed by atoms with E-state index in [0.29, 0.717) is 13.0 Å². The number of amides is 1. The molecule has 0 radical (unpaired) electrons. The molecule has 5 heteroatoms. The number of carbonyl (C=O) groups excluding carboxylic acids is 1. The van der Waals surface area contributed by atoms with Crippen LogP contribution in [-0.2, 0) is 17.6 Å². The summed E-state index contributed by atoms with van der Waals surface area (Å²) >= 11 is 0. The minimum atomic E-state index is 0.151. The van der Waals surface area contributed by atoms with Crippen LogP contribution in [0.1, 0.15) is 71.1 Å². The Morgan fingerprint density at radius 3 is 2.79 bits per heavy atom. The lowest BCUT2D eigenvalue weighted by atomic mass is 9.89. The van der Waals surface area contributed by atoms with Gasteiger partial charge in [0, 0.05) is 36.9 Å². The number of benzene rings is 1. The van der Waals surface area contributed by atoms with Gasteiger partial charge in [0.1, 0.15) is 17.0 Å². The Kier molecular flexibility index (Phi) is 6.63. The topological polar surface area (TPSA) is 55.6 Å². The van der Waals surface area contributed by atoms with Gasteiger partial charge in [0.05, 0.1) is 6.61 Å². The van der Waals surface area contributed by atoms with Gasteiger partial charge in [-0.1, -0.05) is 39.3 Å². The fourth-order valence-corrected chi connectivity index (χ4v) is 3.87. The molecule has 2 heterocycles. The van der Waals surface area contributed by atoms with E-state index in [1.807, 2.05) is 4.90 Å². The van der Waals surface area contributed by atoms with Crippen LogP contribution < -0.4 is 4.74 Å². The first-order valence-electron chi connectivity index (χ1n) is 10.7. The van der Waals surface area contributed by atoms with Gasteiger partial charge in [0.25, 0.3) is 0 Å². The Balaban J connectivity index is 1.68. The number of hydrogen-bond donors (Lipinski definition) is 0. The number of aromatic nitrogens is 1. The maximum Gasteiger partial charge on any atom is 0.222 e. The van der Waals surface area contributed by atoms with Crippen molar-refractivity contribution in [3.8, 4) is 5.75 Å². The summed E-state index contributed by atoms with van der Waals surface area (Å²) < 4.78 is 11.8. The molecule has 28 heavy (non-hydrogen) atoms. The zero-order chi connectivity index (χ0) is 20.1. The highest BCUT2D eigenvalue weighted by atomic mass is 16.5. The van der Waals surface area contributed by atoms with Crippen molar-refractivity contribution in [2.45, 2.75) is 72.6 Å². The summed E-state index contributed by atoms with van der Waals surface area (Å²) in [6.45, 7) is 11.1. The van der Waals surface area contributed by atoms with Crippen molar-refractivity contribution < 1.29 is 14.1 Å². The molecule has 0 atom stereocenters.